The molecule has 4 atom stereocenters. The third-order valence-electron chi connectivity index (χ3n) is 3.01. The van der Waals surface area contributed by atoms with Crippen molar-refractivity contribution < 1.29 is 9.59 Å². The first kappa shape index (κ1) is 9.84. The van der Waals surface area contributed by atoms with Crippen LogP contribution in [0.2, 0.25) is 0 Å². The summed E-state index contributed by atoms with van der Waals surface area (Å²) < 4.78 is 0. The molecule has 0 aliphatic heterocycles. The second kappa shape index (κ2) is 3.46. The van der Waals surface area contributed by atoms with Crippen LogP contribution in [-0.2, 0) is 9.59 Å². The molecule has 2 rings (SSSR count). The molecule has 0 heterocycles. The molecular formula is C9H10Br2O2. The number of carbonyl (C=O) groups is 2. The zero-order valence-corrected chi connectivity index (χ0v) is 10.2. The van der Waals surface area contributed by atoms with E-state index in [1.54, 1.807) is 0 Å². The van der Waals surface area contributed by atoms with Gasteiger partial charge < -0.3 is 0 Å². The molecule has 2 nitrogen and oxygen atoms in total. The molecule has 0 amide bonds. The lowest BCUT2D eigenvalue weighted by atomic mass is 9.81. The number of fused-ring (bicyclic) bond motifs is 1. The lowest BCUT2D eigenvalue weighted by Gasteiger charge is -2.30. The van der Waals surface area contributed by atoms with Gasteiger partial charge in [0.2, 0.25) is 0 Å². The fraction of sp³-hybridized carbons (Fsp3) is 0.778. The van der Waals surface area contributed by atoms with Crippen LogP contribution in [0.5, 0.6) is 0 Å². The summed E-state index contributed by atoms with van der Waals surface area (Å²) in [6.45, 7) is 0. The van der Waals surface area contributed by atoms with Gasteiger partial charge in [0, 0.05) is 21.5 Å². The van der Waals surface area contributed by atoms with E-state index in [0.717, 1.165) is 12.8 Å². The number of alkyl halides is 2. The van der Waals surface area contributed by atoms with E-state index >= 15 is 0 Å². The van der Waals surface area contributed by atoms with Gasteiger partial charge in [-0.1, -0.05) is 31.9 Å². The number of Topliss-reactive ketones (excluding diaryl/α,β-unsaturated/α-hetero) is 2. The third-order valence-corrected chi connectivity index (χ3v) is 5.75. The van der Waals surface area contributed by atoms with E-state index in [-0.39, 0.29) is 29.8 Å². The number of rotatable bonds is 0. The van der Waals surface area contributed by atoms with Crippen LogP contribution >= 0.6 is 31.9 Å². The smallest absolute Gasteiger partial charge is 0.144 e. The van der Waals surface area contributed by atoms with Crippen LogP contribution in [0.4, 0.5) is 0 Å². The summed E-state index contributed by atoms with van der Waals surface area (Å²) in [5.74, 6) is 0.314. The first-order valence-electron chi connectivity index (χ1n) is 4.43. The molecule has 4 unspecified atom stereocenters. The van der Waals surface area contributed by atoms with E-state index in [9.17, 15) is 9.59 Å². The highest BCUT2D eigenvalue weighted by atomic mass is 79.9. The SMILES string of the molecule is O=C1CC(=O)C2CC(Br)C(Br)CC12. The van der Waals surface area contributed by atoms with Crippen molar-refractivity contribution in [2.45, 2.75) is 28.9 Å². The van der Waals surface area contributed by atoms with Gasteiger partial charge in [0.25, 0.3) is 0 Å². The van der Waals surface area contributed by atoms with Gasteiger partial charge >= 0.3 is 0 Å². The molecule has 0 aromatic heterocycles. The third kappa shape index (κ3) is 1.63. The van der Waals surface area contributed by atoms with E-state index in [1.807, 2.05) is 0 Å². The fourth-order valence-corrected chi connectivity index (χ4v) is 3.49. The summed E-state index contributed by atoms with van der Waals surface area (Å²) in [6, 6.07) is 0. The number of halogens is 2. The monoisotopic (exact) mass is 308 g/mol. The molecule has 0 aromatic rings. The number of carbonyl (C=O) groups excluding carboxylic acids is 2. The van der Waals surface area contributed by atoms with Gasteiger partial charge in [-0.3, -0.25) is 9.59 Å². The van der Waals surface area contributed by atoms with Crippen molar-refractivity contribution in [3.05, 3.63) is 0 Å². The van der Waals surface area contributed by atoms with Crippen molar-refractivity contribution in [1.82, 2.24) is 0 Å². The highest BCUT2D eigenvalue weighted by Crippen LogP contribution is 2.42. The first-order chi connectivity index (χ1) is 6.09. The standard InChI is InChI=1S/C9H10Br2O2/c10-6-1-4-5(2-7(6)11)9(13)3-8(4)12/h4-7H,1-3H2. The van der Waals surface area contributed by atoms with Gasteiger partial charge in [-0.15, -0.1) is 0 Å². The molecule has 0 bridgehead atoms. The summed E-state index contributed by atoms with van der Waals surface area (Å²) in [7, 11) is 0. The normalized spacial score (nSPS) is 45.1. The molecule has 0 saturated heterocycles. The van der Waals surface area contributed by atoms with Crippen LogP contribution in [0, 0.1) is 11.8 Å². The van der Waals surface area contributed by atoms with E-state index in [4.69, 9.17) is 0 Å². The summed E-state index contributed by atoms with van der Waals surface area (Å²) in [5.41, 5.74) is 0. The van der Waals surface area contributed by atoms with Gasteiger partial charge in [0.1, 0.15) is 11.6 Å². The summed E-state index contributed by atoms with van der Waals surface area (Å²) in [4.78, 5) is 23.5. The van der Waals surface area contributed by atoms with E-state index in [1.165, 1.54) is 0 Å². The van der Waals surface area contributed by atoms with Crippen molar-refractivity contribution >= 4 is 43.4 Å². The maximum absolute atomic E-state index is 11.4. The molecule has 0 spiro atoms. The molecule has 0 radical (unpaired) electrons. The lowest BCUT2D eigenvalue weighted by Crippen LogP contribution is -2.34. The fourth-order valence-electron chi connectivity index (χ4n) is 2.25. The van der Waals surface area contributed by atoms with Gasteiger partial charge in [-0.05, 0) is 12.8 Å². The van der Waals surface area contributed by atoms with Crippen LogP contribution in [-0.4, -0.2) is 21.2 Å². The minimum absolute atomic E-state index is 0.00525. The summed E-state index contributed by atoms with van der Waals surface area (Å²) in [6.07, 6.45) is 1.80. The Morgan fingerprint density at radius 3 is 1.69 bits per heavy atom. The summed E-state index contributed by atoms with van der Waals surface area (Å²) in [5, 5.41) is 0. The first-order valence-corrected chi connectivity index (χ1v) is 6.26. The Bertz CT molecular complexity index is 238. The van der Waals surface area contributed by atoms with Crippen LogP contribution in [0.15, 0.2) is 0 Å². The molecule has 4 heteroatoms. The second-order valence-corrected chi connectivity index (χ2v) is 6.18. The summed E-state index contributed by atoms with van der Waals surface area (Å²) >= 11 is 7.05. The number of hydrogen-bond acceptors (Lipinski definition) is 2. The molecule has 2 aliphatic carbocycles. The average Bonchev–Trinajstić information content (AvgIpc) is 2.31. The average molecular weight is 310 g/mol. The van der Waals surface area contributed by atoms with E-state index in [0.29, 0.717) is 9.65 Å². The Hall–Kier alpha value is 0.300. The zero-order valence-electron chi connectivity index (χ0n) is 7.00. The van der Waals surface area contributed by atoms with Crippen molar-refractivity contribution in [1.29, 1.82) is 0 Å². The number of hydrogen-bond donors (Lipinski definition) is 0. The Labute approximate surface area is 93.7 Å². The van der Waals surface area contributed by atoms with Crippen LogP contribution in [0.1, 0.15) is 19.3 Å². The minimum atomic E-state index is 0.00525. The van der Waals surface area contributed by atoms with Crippen LogP contribution in [0.25, 0.3) is 0 Å². The second-order valence-electron chi connectivity index (χ2n) is 3.83. The maximum atomic E-state index is 11.4. The highest BCUT2D eigenvalue weighted by Gasteiger charge is 2.46. The number of ketones is 2. The van der Waals surface area contributed by atoms with Crippen molar-refractivity contribution in [2.24, 2.45) is 11.8 Å². The van der Waals surface area contributed by atoms with Gasteiger partial charge in [0.05, 0.1) is 6.42 Å². The van der Waals surface area contributed by atoms with Crippen LogP contribution in [0.3, 0.4) is 0 Å². The quantitative estimate of drug-likeness (QED) is 0.507. The Morgan fingerprint density at radius 2 is 1.31 bits per heavy atom. The molecule has 13 heavy (non-hydrogen) atoms. The Morgan fingerprint density at radius 1 is 0.923 bits per heavy atom. The van der Waals surface area contributed by atoms with E-state index < -0.39 is 0 Å². The minimum Gasteiger partial charge on any atom is -0.299 e. The predicted octanol–water partition coefficient (Wildman–Crippen LogP) is 2.08. The van der Waals surface area contributed by atoms with E-state index in [2.05, 4.69) is 31.9 Å². The molecule has 72 valence electrons. The zero-order chi connectivity index (χ0) is 9.59. The van der Waals surface area contributed by atoms with Crippen molar-refractivity contribution in [3.63, 3.8) is 0 Å². The van der Waals surface area contributed by atoms with Crippen LogP contribution < -0.4 is 0 Å². The topological polar surface area (TPSA) is 34.1 Å². The lowest BCUT2D eigenvalue weighted by molar-refractivity contribution is -0.122. The van der Waals surface area contributed by atoms with Crippen molar-refractivity contribution in [2.75, 3.05) is 0 Å². The van der Waals surface area contributed by atoms with Crippen molar-refractivity contribution in [3.8, 4) is 0 Å². The Kier molecular flexibility index (Phi) is 2.62. The molecular weight excluding hydrogens is 300 g/mol. The van der Waals surface area contributed by atoms with Gasteiger partial charge in [-0.2, -0.15) is 0 Å². The van der Waals surface area contributed by atoms with Gasteiger partial charge in [0.15, 0.2) is 0 Å². The molecule has 2 fully saturated rings. The van der Waals surface area contributed by atoms with Gasteiger partial charge in [-0.25, -0.2) is 0 Å². The highest BCUT2D eigenvalue weighted by molar-refractivity contribution is 9.12. The molecule has 2 saturated carbocycles. The predicted molar refractivity (Wildman–Crippen MR) is 56.3 cm³/mol. The maximum Gasteiger partial charge on any atom is 0.144 e. The molecule has 0 N–H and O–H groups in total. The molecule has 2 aliphatic rings. The Balaban J connectivity index is 2.19. The molecule has 0 aromatic carbocycles. The largest absolute Gasteiger partial charge is 0.299 e.